The molecule has 3 rings (SSSR count). The Balaban J connectivity index is 1.94. The molecule has 0 fully saturated rings. The summed E-state index contributed by atoms with van der Waals surface area (Å²) in [5.74, 6) is 0.871. The molecule has 1 amide bonds. The number of amides is 1. The van der Waals surface area contributed by atoms with Gasteiger partial charge in [0.05, 0.1) is 17.8 Å². The summed E-state index contributed by atoms with van der Waals surface area (Å²) in [4.78, 5) is 17.8. The first-order chi connectivity index (χ1) is 9.54. The maximum absolute atomic E-state index is 11.4. The lowest BCUT2D eigenvalue weighted by molar-refractivity contribution is -0.115. The highest BCUT2D eigenvalue weighted by Crippen LogP contribution is 2.30. The normalized spacial score (nSPS) is 13.0. The molecule has 1 aromatic carbocycles. The third kappa shape index (κ3) is 2.07. The SMILES string of the molecule is Cc1nc(N(C)c2ccc3c(c2)CC(=O)N3)ccc1N. The zero-order valence-electron chi connectivity index (χ0n) is 11.5. The molecule has 1 aliphatic heterocycles. The van der Waals surface area contributed by atoms with Crippen LogP contribution in [0, 0.1) is 6.92 Å². The number of rotatable bonds is 2. The lowest BCUT2D eigenvalue weighted by Gasteiger charge is -2.20. The molecule has 0 bridgehead atoms. The highest BCUT2D eigenvalue weighted by Gasteiger charge is 2.18. The largest absolute Gasteiger partial charge is 0.397 e. The van der Waals surface area contributed by atoms with Gasteiger partial charge in [-0.15, -0.1) is 0 Å². The predicted octanol–water partition coefficient (Wildman–Crippen LogP) is 2.23. The van der Waals surface area contributed by atoms with Gasteiger partial charge in [0.15, 0.2) is 0 Å². The summed E-state index contributed by atoms with van der Waals surface area (Å²) in [7, 11) is 1.95. The van der Waals surface area contributed by atoms with E-state index in [2.05, 4.69) is 10.3 Å². The van der Waals surface area contributed by atoms with E-state index in [4.69, 9.17) is 5.73 Å². The van der Waals surface area contributed by atoms with E-state index in [0.29, 0.717) is 12.1 Å². The van der Waals surface area contributed by atoms with Crippen molar-refractivity contribution in [1.82, 2.24) is 4.98 Å². The second-order valence-electron chi connectivity index (χ2n) is 4.97. The third-order valence-corrected chi connectivity index (χ3v) is 3.56. The Hall–Kier alpha value is -2.56. The van der Waals surface area contributed by atoms with Crippen LogP contribution >= 0.6 is 0 Å². The number of nitrogens with two attached hydrogens (primary N) is 1. The van der Waals surface area contributed by atoms with Gasteiger partial charge in [-0.2, -0.15) is 0 Å². The van der Waals surface area contributed by atoms with E-state index in [1.54, 1.807) is 0 Å². The van der Waals surface area contributed by atoms with Gasteiger partial charge in [-0.1, -0.05) is 0 Å². The number of aryl methyl sites for hydroxylation is 1. The molecule has 0 saturated carbocycles. The molecule has 0 radical (unpaired) electrons. The van der Waals surface area contributed by atoms with Crippen LogP contribution in [0.1, 0.15) is 11.3 Å². The molecule has 20 heavy (non-hydrogen) atoms. The predicted molar refractivity (Wildman–Crippen MR) is 80.2 cm³/mol. The summed E-state index contributed by atoms with van der Waals surface area (Å²) >= 11 is 0. The van der Waals surface area contributed by atoms with Gasteiger partial charge in [0.1, 0.15) is 5.82 Å². The van der Waals surface area contributed by atoms with Crippen LogP contribution < -0.4 is 16.0 Å². The van der Waals surface area contributed by atoms with E-state index in [9.17, 15) is 4.79 Å². The van der Waals surface area contributed by atoms with Gasteiger partial charge in [0.2, 0.25) is 5.91 Å². The molecule has 2 aromatic rings. The number of nitrogens with one attached hydrogen (secondary N) is 1. The van der Waals surface area contributed by atoms with Crippen LogP contribution in [0.25, 0.3) is 0 Å². The Labute approximate surface area is 117 Å². The Kier molecular flexibility index (Phi) is 2.82. The summed E-state index contributed by atoms with van der Waals surface area (Å²) in [6.07, 6.45) is 0.436. The van der Waals surface area contributed by atoms with Gasteiger partial charge in [-0.3, -0.25) is 4.79 Å². The molecule has 0 saturated heterocycles. The van der Waals surface area contributed by atoms with Crippen molar-refractivity contribution in [3.8, 4) is 0 Å². The molecule has 1 aromatic heterocycles. The first-order valence-electron chi connectivity index (χ1n) is 6.44. The van der Waals surface area contributed by atoms with Gasteiger partial charge in [0.25, 0.3) is 0 Å². The van der Waals surface area contributed by atoms with Crippen molar-refractivity contribution in [2.45, 2.75) is 13.3 Å². The zero-order valence-corrected chi connectivity index (χ0v) is 11.5. The number of hydrogen-bond acceptors (Lipinski definition) is 4. The molecule has 2 heterocycles. The highest BCUT2D eigenvalue weighted by atomic mass is 16.1. The van der Waals surface area contributed by atoms with Crippen LogP contribution in [-0.4, -0.2) is 17.9 Å². The van der Waals surface area contributed by atoms with Gasteiger partial charge in [-0.05, 0) is 42.8 Å². The second kappa shape index (κ2) is 4.52. The van der Waals surface area contributed by atoms with Gasteiger partial charge in [0, 0.05) is 18.4 Å². The molecule has 0 atom stereocenters. The maximum Gasteiger partial charge on any atom is 0.228 e. The average molecular weight is 268 g/mol. The van der Waals surface area contributed by atoms with Crippen molar-refractivity contribution in [3.63, 3.8) is 0 Å². The Morgan fingerprint density at radius 1 is 1.30 bits per heavy atom. The van der Waals surface area contributed by atoms with Crippen molar-refractivity contribution >= 4 is 28.8 Å². The minimum Gasteiger partial charge on any atom is -0.397 e. The second-order valence-corrected chi connectivity index (χ2v) is 4.97. The Morgan fingerprint density at radius 2 is 2.10 bits per heavy atom. The van der Waals surface area contributed by atoms with E-state index in [-0.39, 0.29) is 5.91 Å². The van der Waals surface area contributed by atoms with Gasteiger partial charge < -0.3 is 16.0 Å². The first-order valence-corrected chi connectivity index (χ1v) is 6.44. The number of hydrogen-bond donors (Lipinski definition) is 2. The highest BCUT2D eigenvalue weighted by molar-refractivity contribution is 5.99. The molecule has 5 heteroatoms. The smallest absolute Gasteiger partial charge is 0.228 e. The molecule has 3 N–H and O–H groups in total. The first kappa shape index (κ1) is 12.5. The van der Waals surface area contributed by atoms with E-state index < -0.39 is 0 Å². The summed E-state index contributed by atoms with van der Waals surface area (Å²) in [6, 6.07) is 9.65. The number of nitrogens with zero attached hydrogens (tertiary/aromatic N) is 2. The van der Waals surface area contributed by atoms with Gasteiger partial charge in [-0.25, -0.2) is 4.98 Å². The van der Waals surface area contributed by atoms with Crippen LogP contribution in [0.4, 0.5) is 22.9 Å². The third-order valence-electron chi connectivity index (χ3n) is 3.56. The van der Waals surface area contributed by atoms with Crippen LogP contribution in [0.3, 0.4) is 0 Å². The quantitative estimate of drug-likeness (QED) is 0.876. The summed E-state index contributed by atoms with van der Waals surface area (Å²) in [5.41, 5.74) is 10.2. The number of carbonyl (C=O) groups is 1. The van der Waals surface area contributed by atoms with Crippen molar-refractivity contribution in [1.29, 1.82) is 0 Å². The fraction of sp³-hybridized carbons (Fsp3) is 0.200. The summed E-state index contributed by atoms with van der Waals surface area (Å²) < 4.78 is 0. The number of pyridine rings is 1. The number of nitrogen functional groups attached to an aromatic ring is 1. The van der Waals surface area contributed by atoms with E-state index in [1.807, 2.05) is 49.2 Å². The van der Waals surface area contributed by atoms with Crippen LogP contribution in [-0.2, 0) is 11.2 Å². The number of aromatic nitrogens is 1. The number of anilines is 4. The van der Waals surface area contributed by atoms with Gasteiger partial charge >= 0.3 is 0 Å². The van der Waals surface area contributed by atoms with Crippen molar-refractivity contribution in [3.05, 3.63) is 41.6 Å². The topological polar surface area (TPSA) is 71.2 Å². The lowest BCUT2D eigenvalue weighted by Crippen LogP contribution is -2.12. The van der Waals surface area contributed by atoms with Crippen LogP contribution in [0.5, 0.6) is 0 Å². The molecule has 0 aliphatic carbocycles. The van der Waals surface area contributed by atoms with Crippen molar-refractivity contribution in [2.75, 3.05) is 23.0 Å². The van der Waals surface area contributed by atoms with Crippen LogP contribution in [0.2, 0.25) is 0 Å². The molecule has 0 spiro atoms. The minimum absolute atomic E-state index is 0.0428. The fourth-order valence-corrected chi connectivity index (χ4v) is 2.30. The molecule has 0 unspecified atom stereocenters. The molecule has 5 nitrogen and oxygen atoms in total. The standard InChI is InChI=1S/C15H16N4O/c1-9-12(16)4-6-14(17-9)19(2)11-3-5-13-10(7-11)8-15(20)18-13/h3-7H,8,16H2,1-2H3,(H,18,20). The molecule has 102 valence electrons. The monoisotopic (exact) mass is 268 g/mol. The summed E-state index contributed by atoms with van der Waals surface area (Å²) in [6.45, 7) is 1.89. The van der Waals surface area contributed by atoms with Crippen LogP contribution in [0.15, 0.2) is 30.3 Å². The lowest BCUT2D eigenvalue weighted by atomic mass is 10.1. The molecule has 1 aliphatic rings. The summed E-state index contributed by atoms with van der Waals surface area (Å²) in [5, 5.41) is 2.83. The molecular formula is C15H16N4O. The number of benzene rings is 1. The average Bonchev–Trinajstić information content (AvgIpc) is 2.80. The van der Waals surface area contributed by atoms with E-state index >= 15 is 0 Å². The van der Waals surface area contributed by atoms with Crippen molar-refractivity contribution < 1.29 is 4.79 Å². The maximum atomic E-state index is 11.4. The molecular weight excluding hydrogens is 252 g/mol. The fourth-order valence-electron chi connectivity index (χ4n) is 2.30. The number of fused-ring (bicyclic) bond motifs is 1. The van der Waals surface area contributed by atoms with Crippen molar-refractivity contribution in [2.24, 2.45) is 0 Å². The Bertz CT molecular complexity index is 696. The Morgan fingerprint density at radius 3 is 2.85 bits per heavy atom. The van der Waals surface area contributed by atoms with E-state index in [1.165, 1.54) is 0 Å². The minimum atomic E-state index is 0.0428. The number of carbonyl (C=O) groups excluding carboxylic acids is 1. The van der Waals surface area contributed by atoms with E-state index in [0.717, 1.165) is 28.5 Å². The zero-order chi connectivity index (χ0) is 14.3.